The van der Waals surface area contributed by atoms with Gasteiger partial charge in [-0.25, -0.2) is 0 Å². The number of nitro groups is 1. The summed E-state index contributed by atoms with van der Waals surface area (Å²) in [7, 11) is 0. The zero-order chi connectivity index (χ0) is 13.1. The molecule has 5 heteroatoms. The van der Waals surface area contributed by atoms with Gasteiger partial charge in [-0.2, -0.15) is 0 Å². The van der Waals surface area contributed by atoms with Crippen LogP contribution in [0.25, 0.3) is 0 Å². The summed E-state index contributed by atoms with van der Waals surface area (Å²) < 4.78 is 0.757. The quantitative estimate of drug-likeness (QED) is 0.682. The highest BCUT2D eigenvalue weighted by Crippen LogP contribution is 2.26. The monoisotopic (exact) mass is 312 g/mol. The van der Waals surface area contributed by atoms with E-state index in [4.69, 9.17) is 0 Å². The average molecular weight is 313 g/mol. The number of rotatable bonds is 4. The van der Waals surface area contributed by atoms with Crippen LogP contribution >= 0.6 is 15.9 Å². The molecule has 0 heterocycles. The topological polar surface area (TPSA) is 55.2 Å². The highest BCUT2D eigenvalue weighted by atomic mass is 79.9. The highest BCUT2D eigenvalue weighted by Gasteiger charge is 2.22. The lowest BCUT2D eigenvalue weighted by molar-refractivity contribution is -0.385. The summed E-state index contributed by atoms with van der Waals surface area (Å²) in [5.74, 6) is 0.701. The third kappa shape index (κ3) is 3.29. The van der Waals surface area contributed by atoms with Crippen molar-refractivity contribution in [3.05, 3.63) is 38.3 Å². The Labute approximate surface area is 115 Å². The van der Waals surface area contributed by atoms with Crippen molar-refractivity contribution in [2.45, 2.75) is 38.8 Å². The van der Waals surface area contributed by atoms with Gasteiger partial charge in [0.2, 0.25) is 0 Å². The van der Waals surface area contributed by atoms with E-state index in [-0.39, 0.29) is 10.6 Å². The van der Waals surface area contributed by atoms with Crippen LogP contribution in [0.5, 0.6) is 0 Å². The number of nitrogens with zero attached hydrogens (tertiary/aromatic N) is 1. The highest BCUT2D eigenvalue weighted by molar-refractivity contribution is 9.10. The van der Waals surface area contributed by atoms with Gasteiger partial charge in [0.1, 0.15) is 0 Å². The molecule has 2 rings (SSSR count). The standard InChI is InChI=1S/C13H17BrN2O2/c1-9-3-2-4-13(9)15-8-10-5-11(14)7-12(6-10)16(17)18/h5-7,9,13,15H,2-4,8H2,1H3. The first-order valence-electron chi connectivity index (χ1n) is 6.23. The number of benzene rings is 1. The molecule has 1 N–H and O–H groups in total. The van der Waals surface area contributed by atoms with E-state index < -0.39 is 0 Å². The van der Waals surface area contributed by atoms with E-state index in [0.29, 0.717) is 18.5 Å². The molecule has 0 bridgehead atoms. The lowest BCUT2D eigenvalue weighted by Gasteiger charge is -2.17. The molecular formula is C13H17BrN2O2. The molecule has 1 fully saturated rings. The van der Waals surface area contributed by atoms with Gasteiger partial charge in [0.05, 0.1) is 4.92 Å². The number of halogens is 1. The zero-order valence-electron chi connectivity index (χ0n) is 10.4. The predicted molar refractivity (Wildman–Crippen MR) is 74.4 cm³/mol. The summed E-state index contributed by atoms with van der Waals surface area (Å²) in [5.41, 5.74) is 1.09. The first-order chi connectivity index (χ1) is 8.56. The SMILES string of the molecule is CC1CCCC1NCc1cc(Br)cc([N+](=O)[O-])c1. The minimum atomic E-state index is -0.355. The first-order valence-corrected chi connectivity index (χ1v) is 7.03. The summed E-state index contributed by atoms with van der Waals surface area (Å²) in [4.78, 5) is 10.4. The van der Waals surface area contributed by atoms with Gasteiger partial charge in [-0.3, -0.25) is 10.1 Å². The molecule has 0 aliphatic heterocycles. The van der Waals surface area contributed by atoms with E-state index in [1.807, 2.05) is 6.07 Å². The van der Waals surface area contributed by atoms with Crippen molar-refractivity contribution in [1.82, 2.24) is 5.32 Å². The van der Waals surface area contributed by atoms with Crippen LogP contribution in [0.1, 0.15) is 31.7 Å². The molecule has 1 aromatic carbocycles. The van der Waals surface area contributed by atoms with E-state index in [1.54, 1.807) is 6.07 Å². The number of nitrogens with one attached hydrogen (secondary N) is 1. The maximum atomic E-state index is 10.8. The van der Waals surface area contributed by atoms with E-state index in [9.17, 15) is 10.1 Å². The fourth-order valence-corrected chi connectivity index (χ4v) is 3.07. The third-order valence-corrected chi connectivity index (χ3v) is 4.04. The smallest absolute Gasteiger partial charge is 0.270 e. The largest absolute Gasteiger partial charge is 0.310 e. The van der Waals surface area contributed by atoms with Crippen LogP contribution in [-0.2, 0) is 6.54 Å². The molecule has 18 heavy (non-hydrogen) atoms. The lowest BCUT2D eigenvalue weighted by Crippen LogP contribution is -2.30. The van der Waals surface area contributed by atoms with Gasteiger partial charge < -0.3 is 5.32 Å². The van der Waals surface area contributed by atoms with Crippen LogP contribution < -0.4 is 5.32 Å². The summed E-state index contributed by atoms with van der Waals surface area (Å²) in [6.45, 7) is 2.95. The fourth-order valence-electron chi connectivity index (χ4n) is 2.54. The second-order valence-corrected chi connectivity index (χ2v) is 5.89. The molecule has 2 unspecified atom stereocenters. The van der Waals surface area contributed by atoms with Crippen molar-refractivity contribution in [1.29, 1.82) is 0 Å². The Balaban J connectivity index is 2.02. The van der Waals surface area contributed by atoms with Crippen LogP contribution in [0.2, 0.25) is 0 Å². The lowest BCUT2D eigenvalue weighted by atomic mass is 10.1. The molecule has 2 atom stereocenters. The number of non-ortho nitro benzene ring substituents is 1. The second-order valence-electron chi connectivity index (χ2n) is 4.97. The number of nitro benzene ring substituents is 1. The molecule has 1 aliphatic rings. The predicted octanol–water partition coefficient (Wildman–Crippen LogP) is 3.64. The molecule has 0 amide bonds. The summed E-state index contributed by atoms with van der Waals surface area (Å²) in [6, 6.07) is 5.64. The van der Waals surface area contributed by atoms with E-state index in [2.05, 4.69) is 28.2 Å². The number of hydrogen-bond donors (Lipinski definition) is 1. The van der Waals surface area contributed by atoms with E-state index in [0.717, 1.165) is 10.0 Å². The van der Waals surface area contributed by atoms with Gasteiger partial charge >= 0.3 is 0 Å². The molecule has 0 radical (unpaired) electrons. The minimum Gasteiger partial charge on any atom is -0.310 e. The maximum Gasteiger partial charge on any atom is 0.270 e. The average Bonchev–Trinajstić information content (AvgIpc) is 2.71. The van der Waals surface area contributed by atoms with E-state index in [1.165, 1.54) is 25.3 Å². The first kappa shape index (κ1) is 13.5. The van der Waals surface area contributed by atoms with Crippen LogP contribution in [0, 0.1) is 16.0 Å². The molecule has 4 nitrogen and oxygen atoms in total. The number of hydrogen-bond acceptors (Lipinski definition) is 3. The zero-order valence-corrected chi connectivity index (χ0v) is 11.9. The van der Waals surface area contributed by atoms with Gasteiger partial charge in [0, 0.05) is 29.2 Å². The van der Waals surface area contributed by atoms with Crippen LogP contribution in [0.3, 0.4) is 0 Å². The van der Waals surface area contributed by atoms with Gasteiger partial charge in [0.25, 0.3) is 5.69 Å². The molecule has 1 aromatic rings. The molecule has 1 aliphatic carbocycles. The Morgan fingerprint density at radius 1 is 1.44 bits per heavy atom. The molecule has 0 saturated heterocycles. The Bertz CT molecular complexity index is 451. The fraction of sp³-hybridized carbons (Fsp3) is 0.538. The molecule has 0 aromatic heterocycles. The van der Waals surface area contributed by atoms with Gasteiger partial charge in [0.15, 0.2) is 0 Å². The molecule has 98 valence electrons. The van der Waals surface area contributed by atoms with Crippen molar-refractivity contribution in [2.75, 3.05) is 0 Å². The maximum absolute atomic E-state index is 10.8. The third-order valence-electron chi connectivity index (χ3n) is 3.58. The van der Waals surface area contributed by atoms with Crippen LogP contribution in [-0.4, -0.2) is 11.0 Å². The Morgan fingerprint density at radius 3 is 2.83 bits per heavy atom. The van der Waals surface area contributed by atoms with Crippen molar-refractivity contribution >= 4 is 21.6 Å². The minimum absolute atomic E-state index is 0.139. The van der Waals surface area contributed by atoms with E-state index >= 15 is 0 Å². The summed E-state index contributed by atoms with van der Waals surface area (Å²) in [6.07, 6.45) is 3.75. The van der Waals surface area contributed by atoms with Gasteiger partial charge in [-0.15, -0.1) is 0 Å². The summed E-state index contributed by atoms with van der Waals surface area (Å²) >= 11 is 3.31. The van der Waals surface area contributed by atoms with Crippen LogP contribution in [0.15, 0.2) is 22.7 Å². The Morgan fingerprint density at radius 2 is 2.22 bits per heavy atom. The van der Waals surface area contributed by atoms with Crippen molar-refractivity contribution in [2.24, 2.45) is 5.92 Å². The normalized spacial score (nSPS) is 23.2. The van der Waals surface area contributed by atoms with Crippen molar-refractivity contribution < 1.29 is 4.92 Å². The van der Waals surface area contributed by atoms with Gasteiger partial charge in [-0.1, -0.05) is 29.3 Å². The van der Waals surface area contributed by atoms with Crippen LogP contribution in [0.4, 0.5) is 5.69 Å². The summed E-state index contributed by atoms with van der Waals surface area (Å²) in [5, 5.41) is 14.3. The molecular weight excluding hydrogens is 296 g/mol. The molecule has 0 spiro atoms. The Hall–Kier alpha value is -0.940. The molecule has 1 saturated carbocycles. The second kappa shape index (κ2) is 5.80. The Kier molecular flexibility index (Phi) is 4.35. The van der Waals surface area contributed by atoms with Crippen molar-refractivity contribution in [3.8, 4) is 0 Å². The van der Waals surface area contributed by atoms with Gasteiger partial charge in [-0.05, 0) is 30.4 Å². The van der Waals surface area contributed by atoms with Crippen molar-refractivity contribution in [3.63, 3.8) is 0 Å².